The van der Waals surface area contributed by atoms with Gasteiger partial charge >= 0.3 is 0 Å². The molecule has 1 heteroatoms. The molecule has 0 fully saturated rings. The third kappa shape index (κ3) is 1.91. The van der Waals surface area contributed by atoms with E-state index in [-0.39, 0.29) is 7.92 Å². The van der Waals surface area contributed by atoms with Gasteiger partial charge in [0, 0.05) is 5.66 Å². The molecule has 0 saturated heterocycles. The largest absolute Gasteiger partial charge is 0.0801 e. The van der Waals surface area contributed by atoms with E-state index >= 15 is 0 Å². The number of rotatable bonds is 3. The van der Waals surface area contributed by atoms with Crippen LogP contribution in [0.3, 0.4) is 0 Å². The van der Waals surface area contributed by atoms with Crippen LogP contribution in [0.4, 0.5) is 0 Å². The minimum Gasteiger partial charge on any atom is -0.0801 e. The van der Waals surface area contributed by atoms with Crippen LogP contribution in [0.2, 0.25) is 0 Å². The Bertz CT molecular complexity index is 508. The molecule has 0 spiro atoms. The molecule has 86 valence electrons. The monoisotopic (exact) mass is 240 g/mol. The highest BCUT2D eigenvalue weighted by atomic mass is 31.1. The van der Waals surface area contributed by atoms with Gasteiger partial charge in [0.1, 0.15) is 0 Å². The summed E-state index contributed by atoms with van der Waals surface area (Å²) in [6, 6.07) is 8.83. The third-order valence-corrected chi connectivity index (χ3v) is 6.33. The van der Waals surface area contributed by atoms with Crippen LogP contribution in [0, 0.1) is 0 Å². The van der Waals surface area contributed by atoms with Gasteiger partial charge in [0.2, 0.25) is 0 Å². The fraction of sp³-hybridized carbons (Fsp3) is 0.250. The first-order valence-electron chi connectivity index (χ1n) is 6.30. The molecule has 0 radical (unpaired) electrons. The molecule has 0 heterocycles. The molecule has 1 aromatic carbocycles. The predicted octanol–water partition coefficient (Wildman–Crippen LogP) is 5.10. The van der Waals surface area contributed by atoms with E-state index in [1.165, 1.54) is 17.3 Å². The summed E-state index contributed by atoms with van der Waals surface area (Å²) in [4.78, 5) is 0. The summed E-state index contributed by atoms with van der Waals surface area (Å²) in [5.41, 5.74) is 3.59. The number of hydrogen-bond acceptors (Lipinski definition) is 0. The molecule has 3 rings (SSSR count). The van der Waals surface area contributed by atoms with E-state index in [2.05, 4.69) is 61.6 Å². The fourth-order valence-electron chi connectivity index (χ4n) is 2.70. The molecule has 2 unspecified atom stereocenters. The molecule has 2 atom stereocenters. The second kappa shape index (κ2) is 4.63. The first-order chi connectivity index (χ1) is 8.40. The number of hydrogen-bond donors (Lipinski definition) is 0. The van der Waals surface area contributed by atoms with Crippen molar-refractivity contribution in [3.63, 3.8) is 0 Å². The smallest absolute Gasteiger partial charge is 0.0270 e. The quantitative estimate of drug-likeness (QED) is 0.645. The normalized spacial score (nSPS) is 22.6. The lowest BCUT2D eigenvalue weighted by Gasteiger charge is -2.23. The zero-order chi connectivity index (χ0) is 11.7. The van der Waals surface area contributed by atoms with Crippen LogP contribution in [0.15, 0.2) is 53.9 Å². The van der Waals surface area contributed by atoms with E-state index < -0.39 is 0 Å². The summed E-state index contributed by atoms with van der Waals surface area (Å²) < 4.78 is 0. The standard InChI is InChI=1S/C16H17P/c1-2-17(14-8-4-5-9-14)16-12-11-13-7-3-6-10-15(13)16/h3-4,6-12,16H,2,5H2,1H3. The van der Waals surface area contributed by atoms with E-state index in [4.69, 9.17) is 0 Å². The highest BCUT2D eigenvalue weighted by molar-refractivity contribution is 7.62. The Labute approximate surface area is 105 Å². The molecule has 0 N–H and O–H groups in total. The summed E-state index contributed by atoms with van der Waals surface area (Å²) in [6.45, 7) is 2.33. The molecule has 1 aromatic rings. The van der Waals surface area contributed by atoms with Gasteiger partial charge in [0.15, 0.2) is 0 Å². The third-order valence-electron chi connectivity index (χ3n) is 3.53. The maximum atomic E-state index is 2.41. The number of allylic oxidation sites excluding steroid dienone is 5. The van der Waals surface area contributed by atoms with Gasteiger partial charge in [-0.25, -0.2) is 0 Å². The van der Waals surface area contributed by atoms with E-state index in [1.54, 1.807) is 5.31 Å². The molecule has 17 heavy (non-hydrogen) atoms. The predicted molar refractivity (Wildman–Crippen MR) is 77.5 cm³/mol. The maximum absolute atomic E-state index is 2.41. The van der Waals surface area contributed by atoms with Gasteiger partial charge in [-0.05, 0) is 29.0 Å². The zero-order valence-corrected chi connectivity index (χ0v) is 11.0. The zero-order valence-electron chi connectivity index (χ0n) is 10.1. The van der Waals surface area contributed by atoms with Gasteiger partial charge < -0.3 is 0 Å². The second-order valence-electron chi connectivity index (χ2n) is 4.49. The number of fused-ring (bicyclic) bond motifs is 1. The van der Waals surface area contributed by atoms with E-state index in [9.17, 15) is 0 Å². The van der Waals surface area contributed by atoms with Crippen LogP contribution in [-0.4, -0.2) is 6.16 Å². The highest BCUT2D eigenvalue weighted by Gasteiger charge is 2.26. The van der Waals surface area contributed by atoms with Crippen LogP contribution in [0.1, 0.15) is 30.1 Å². The minimum atomic E-state index is -0.0598. The van der Waals surface area contributed by atoms with Gasteiger partial charge in [-0.1, -0.05) is 69.5 Å². The Morgan fingerprint density at radius 2 is 2.12 bits per heavy atom. The number of benzene rings is 1. The van der Waals surface area contributed by atoms with Crippen LogP contribution in [-0.2, 0) is 0 Å². The molecule has 0 nitrogen and oxygen atoms in total. The van der Waals surface area contributed by atoms with Crippen molar-refractivity contribution < 1.29 is 0 Å². The highest BCUT2D eigenvalue weighted by Crippen LogP contribution is 2.61. The summed E-state index contributed by atoms with van der Waals surface area (Å²) in [7, 11) is -0.0598. The first kappa shape index (κ1) is 11.0. The Morgan fingerprint density at radius 1 is 1.24 bits per heavy atom. The van der Waals surface area contributed by atoms with Gasteiger partial charge in [0.25, 0.3) is 0 Å². The molecule has 2 aliphatic rings. The SMILES string of the molecule is CCP(C1=CCC=C1)C1C=Cc2ccccc21. The Kier molecular flexibility index (Phi) is 2.99. The summed E-state index contributed by atoms with van der Waals surface area (Å²) >= 11 is 0. The van der Waals surface area contributed by atoms with Crippen molar-refractivity contribution in [3.05, 3.63) is 65.0 Å². The molecule has 0 saturated carbocycles. The van der Waals surface area contributed by atoms with Gasteiger partial charge in [-0.2, -0.15) is 0 Å². The lowest BCUT2D eigenvalue weighted by molar-refractivity contribution is 1.22. The van der Waals surface area contributed by atoms with Gasteiger partial charge in [-0.3, -0.25) is 0 Å². The molecule has 0 bridgehead atoms. The van der Waals surface area contributed by atoms with Crippen LogP contribution in [0.25, 0.3) is 6.08 Å². The Hall–Kier alpha value is -1.13. The Morgan fingerprint density at radius 3 is 2.88 bits per heavy atom. The van der Waals surface area contributed by atoms with Crippen LogP contribution >= 0.6 is 7.92 Å². The van der Waals surface area contributed by atoms with E-state index in [0.717, 1.165) is 6.42 Å². The van der Waals surface area contributed by atoms with Crippen LogP contribution < -0.4 is 0 Å². The van der Waals surface area contributed by atoms with Crippen molar-refractivity contribution in [1.29, 1.82) is 0 Å². The minimum absolute atomic E-state index is 0.0598. The van der Waals surface area contributed by atoms with Gasteiger partial charge in [-0.15, -0.1) is 0 Å². The van der Waals surface area contributed by atoms with Crippen molar-refractivity contribution >= 4 is 14.0 Å². The molecular weight excluding hydrogens is 223 g/mol. The van der Waals surface area contributed by atoms with Crippen molar-refractivity contribution in [2.45, 2.75) is 19.0 Å². The molecule has 2 aliphatic carbocycles. The molecule has 0 amide bonds. The van der Waals surface area contributed by atoms with E-state index in [0.29, 0.717) is 5.66 Å². The van der Waals surface area contributed by atoms with Gasteiger partial charge in [0.05, 0.1) is 0 Å². The lowest BCUT2D eigenvalue weighted by atomic mass is 10.1. The van der Waals surface area contributed by atoms with Crippen molar-refractivity contribution in [1.82, 2.24) is 0 Å². The van der Waals surface area contributed by atoms with Crippen molar-refractivity contribution in [2.75, 3.05) is 6.16 Å². The Balaban J connectivity index is 1.95. The summed E-state index contributed by atoms with van der Waals surface area (Å²) in [5.74, 6) is 0. The summed E-state index contributed by atoms with van der Waals surface area (Å²) in [5, 5.41) is 1.59. The maximum Gasteiger partial charge on any atom is 0.0270 e. The average Bonchev–Trinajstić information content (AvgIpc) is 3.01. The van der Waals surface area contributed by atoms with Crippen molar-refractivity contribution in [2.24, 2.45) is 0 Å². The summed E-state index contributed by atoms with van der Waals surface area (Å²) in [6.07, 6.45) is 14.1. The fourth-order valence-corrected chi connectivity index (χ4v) is 5.28. The lowest BCUT2D eigenvalue weighted by Crippen LogP contribution is -1.95. The molecule has 0 aliphatic heterocycles. The van der Waals surface area contributed by atoms with E-state index in [1.807, 2.05) is 0 Å². The average molecular weight is 240 g/mol. The molecule has 0 aromatic heterocycles. The van der Waals surface area contributed by atoms with Crippen LogP contribution in [0.5, 0.6) is 0 Å². The second-order valence-corrected chi connectivity index (χ2v) is 7.13. The van der Waals surface area contributed by atoms with Crippen molar-refractivity contribution in [3.8, 4) is 0 Å². The first-order valence-corrected chi connectivity index (χ1v) is 7.90. The molecular formula is C16H17P. The topological polar surface area (TPSA) is 0 Å².